The number of nitrogens with two attached hydrogens (primary N) is 1. The third kappa shape index (κ3) is 3.21. The van der Waals surface area contributed by atoms with Crippen LogP contribution in [0.1, 0.15) is 33.4 Å². The molecular weight excluding hydrogens is 292 g/mol. The van der Waals surface area contributed by atoms with E-state index in [2.05, 4.69) is 9.97 Å². The summed E-state index contributed by atoms with van der Waals surface area (Å²) < 4.78 is 11.8. The Morgan fingerprint density at radius 1 is 1.38 bits per heavy atom. The van der Waals surface area contributed by atoms with E-state index in [1.165, 1.54) is 6.20 Å². The van der Waals surface area contributed by atoms with Gasteiger partial charge in [0, 0.05) is 0 Å². The highest BCUT2D eigenvalue weighted by Gasteiger charge is 2.52. The van der Waals surface area contributed by atoms with Gasteiger partial charge in [0.1, 0.15) is 16.7 Å². The Morgan fingerprint density at radius 2 is 1.95 bits per heavy atom. The second-order valence-electron chi connectivity index (χ2n) is 5.93. The van der Waals surface area contributed by atoms with Crippen LogP contribution < -0.4 is 5.73 Å². The predicted molar refractivity (Wildman–Crippen MR) is 82.6 cm³/mol. The Labute approximate surface area is 129 Å². The minimum absolute atomic E-state index is 0.224. The van der Waals surface area contributed by atoms with Crippen LogP contribution in [0.15, 0.2) is 11.7 Å². The summed E-state index contributed by atoms with van der Waals surface area (Å²) in [6, 6.07) is 0. The summed E-state index contributed by atoms with van der Waals surface area (Å²) >= 11 is 5.81. The standard InChI is InChI=1S/C13H19BClN3O3/c1-12(2)13(3,4)21-14(20-12)8(7-19)5-9-11(16)17-6-10(15)18-9/h5-6,19H,7H2,1-4H3,(H2,16,17). The van der Waals surface area contributed by atoms with Crippen LogP contribution >= 0.6 is 11.6 Å². The number of aliphatic hydroxyl groups is 1. The average Bonchev–Trinajstić information content (AvgIpc) is 2.59. The first-order valence-electron chi connectivity index (χ1n) is 6.61. The molecule has 114 valence electrons. The van der Waals surface area contributed by atoms with Crippen molar-refractivity contribution in [3.05, 3.63) is 22.5 Å². The number of anilines is 1. The molecule has 0 aliphatic carbocycles. The molecule has 1 aliphatic rings. The Balaban J connectivity index is 2.33. The lowest BCUT2D eigenvalue weighted by atomic mass is 9.78. The van der Waals surface area contributed by atoms with Crippen molar-refractivity contribution >= 4 is 30.6 Å². The van der Waals surface area contributed by atoms with Crippen LogP contribution in [-0.2, 0) is 9.31 Å². The van der Waals surface area contributed by atoms with E-state index in [-0.39, 0.29) is 17.6 Å². The highest BCUT2D eigenvalue weighted by Crippen LogP contribution is 2.38. The molecule has 3 N–H and O–H groups in total. The Bertz CT molecular complexity index is 562. The third-order valence-corrected chi connectivity index (χ3v) is 4.04. The van der Waals surface area contributed by atoms with Gasteiger partial charge in [-0.1, -0.05) is 11.6 Å². The lowest BCUT2D eigenvalue weighted by molar-refractivity contribution is 0.00578. The van der Waals surface area contributed by atoms with Crippen molar-refractivity contribution < 1.29 is 14.4 Å². The normalized spacial score (nSPS) is 20.9. The van der Waals surface area contributed by atoms with Gasteiger partial charge in [-0.3, -0.25) is 0 Å². The van der Waals surface area contributed by atoms with Gasteiger partial charge >= 0.3 is 7.12 Å². The van der Waals surface area contributed by atoms with Crippen molar-refractivity contribution in [2.45, 2.75) is 38.9 Å². The summed E-state index contributed by atoms with van der Waals surface area (Å²) in [5.41, 5.74) is 5.67. The molecule has 0 amide bonds. The van der Waals surface area contributed by atoms with Crippen LogP contribution in [0.2, 0.25) is 5.15 Å². The molecule has 1 aromatic rings. The number of aromatic nitrogens is 2. The maximum atomic E-state index is 9.60. The number of nitrogens with zero attached hydrogens (tertiary/aromatic N) is 2. The zero-order chi connectivity index (χ0) is 15.8. The van der Waals surface area contributed by atoms with Crippen molar-refractivity contribution in [3.8, 4) is 0 Å². The smallest absolute Gasteiger partial charge is 0.400 e. The fourth-order valence-electron chi connectivity index (χ4n) is 1.85. The van der Waals surface area contributed by atoms with Gasteiger partial charge in [0.2, 0.25) is 0 Å². The minimum Gasteiger partial charge on any atom is -0.400 e. The zero-order valence-corrected chi connectivity index (χ0v) is 13.3. The van der Waals surface area contributed by atoms with Gasteiger partial charge in [-0.2, -0.15) is 0 Å². The summed E-state index contributed by atoms with van der Waals surface area (Å²) in [5.74, 6) is 0.224. The Hall–Kier alpha value is -1.15. The van der Waals surface area contributed by atoms with Gasteiger partial charge in [0.05, 0.1) is 24.0 Å². The van der Waals surface area contributed by atoms with Crippen molar-refractivity contribution in [1.29, 1.82) is 0 Å². The number of hydrogen-bond donors (Lipinski definition) is 2. The fraction of sp³-hybridized carbons (Fsp3) is 0.538. The molecule has 0 bridgehead atoms. The first-order chi connectivity index (χ1) is 9.66. The summed E-state index contributed by atoms with van der Waals surface area (Å²) in [5, 5.41) is 9.82. The van der Waals surface area contributed by atoms with Crippen LogP contribution in [0, 0.1) is 0 Å². The van der Waals surface area contributed by atoms with E-state index in [0.29, 0.717) is 11.2 Å². The number of rotatable bonds is 3. The zero-order valence-electron chi connectivity index (χ0n) is 12.6. The number of halogens is 1. The van der Waals surface area contributed by atoms with Crippen LogP contribution in [-0.4, -0.2) is 40.0 Å². The van der Waals surface area contributed by atoms with Crippen LogP contribution in [0.4, 0.5) is 5.82 Å². The van der Waals surface area contributed by atoms with E-state index in [4.69, 9.17) is 26.6 Å². The number of nitrogen functional groups attached to an aromatic ring is 1. The SMILES string of the molecule is CC1(C)OB(C(=Cc2nc(Cl)cnc2N)CO)OC1(C)C. The molecule has 21 heavy (non-hydrogen) atoms. The third-order valence-electron chi connectivity index (χ3n) is 3.86. The van der Waals surface area contributed by atoms with E-state index < -0.39 is 18.3 Å². The highest BCUT2D eigenvalue weighted by atomic mass is 35.5. The van der Waals surface area contributed by atoms with Gasteiger partial charge in [0.25, 0.3) is 0 Å². The van der Waals surface area contributed by atoms with Crippen LogP contribution in [0.25, 0.3) is 6.08 Å². The largest absolute Gasteiger partial charge is 0.492 e. The van der Waals surface area contributed by atoms with Crippen LogP contribution in [0.5, 0.6) is 0 Å². The first-order valence-corrected chi connectivity index (χ1v) is 6.99. The topological polar surface area (TPSA) is 90.5 Å². The predicted octanol–water partition coefficient (Wildman–Crippen LogP) is 1.72. The second kappa shape index (κ2) is 5.57. The van der Waals surface area contributed by atoms with Crippen molar-refractivity contribution in [2.75, 3.05) is 12.3 Å². The second-order valence-corrected chi connectivity index (χ2v) is 6.32. The molecule has 1 aliphatic heterocycles. The van der Waals surface area contributed by atoms with E-state index in [1.54, 1.807) is 6.08 Å². The molecule has 0 atom stereocenters. The van der Waals surface area contributed by atoms with Gasteiger partial charge in [-0.05, 0) is 39.2 Å². The molecule has 6 nitrogen and oxygen atoms in total. The Morgan fingerprint density at radius 3 is 2.48 bits per heavy atom. The summed E-state index contributed by atoms with van der Waals surface area (Å²) in [6.45, 7) is 7.51. The van der Waals surface area contributed by atoms with Gasteiger partial charge in [-0.15, -0.1) is 0 Å². The van der Waals surface area contributed by atoms with E-state index >= 15 is 0 Å². The van der Waals surface area contributed by atoms with Gasteiger partial charge < -0.3 is 20.1 Å². The molecule has 0 aromatic carbocycles. The molecular formula is C13H19BClN3O3. The highest BCUT2D eigenvalue weighted by molar-refractivity contribution is 6.55. The molecule has 0 unspecified atom stereocenters. The van der Waals surface area contributed by atoms with E-state index in [1.807, 2.05) is 27.7 Å². The quantitative estimate of drug-likeness (QED) is 0.826. The van der Waals surface area contributed by atoms with Crippen molar-refractivity contribution in [1.82, 2.24) is 9.97 Å². The number of hydrogen-bond acceptors (Lipinski definition) is 6. The summed E-state index contributed by atoms with van der Waals surface area (Å²) in [6.07, 6.45) is 2.96. The molecule has 8 heteroatoms. The van der Waals surface area contributed by atoms with Crippen LogP contribution in [0.3, 0.4) is 0 Å². The fourth-order valence-corrected chi connectivity index (χ4v) is 1.99. The maximum absolute atomic E-state index is 9.60. The van der Waals surface area contributed by atoms with Crippen molar-refractivity contribution in [2.24, 2.45) is 0 Å². The average molecular weight is 312 g/mol. The Kier molecular flexibility index (Phi) is 4.30. The summed E-state index contributed by atoms with van der Waals surface area (Å²) in [7, 11) is -0.666. The molecule has 0 saturated carbocycles. The van der Waals surface area contributed by atoms with E-state index in [9.17, 15) is 5.11 Å². The van der Waals surface area contributed by atoms with E-state index in [0.717, 1.165) is 0 Å². The molecule has 1 aromatic heterocycles. The summed E-state index contributed by atoms with van der Waals surface area (Å²) in [4.78, 5) is 8.01. The first kappa shape index (κ1) is 16.2. The molecule has 1 fully saturated rings. The molecule has 2 rings (SSSR count). The lowest BCUT2D eigenvalue weighted by Gasteiger charge is -2.32. The number of aliphatic hydroxyl groups excluding tert-OH is 1. The lowest BCUT2D eigenvalue weighted by Crippen LogP contribution is -2.41. The van der Waals surface area contributed by atoms with Gasteiger partial charge in [-0.25, -0.2) is 9.97 Å². The molecule has 2 heterocycles. The maximum Gasteiger partial charge on any atom is 0.492 e. The molecule has 0 spiro atoms. The monoisotopic (exact) mass is 311 g/mol. The molecule has 0 radical (unpaired) electrons. The van der Waals surface area contributed by atoms with Crippen molar-refractivity contribution in [3.63, 3.8) is 0 Å². The van der Waals surface area contributed by atoms with Gasteiger partial charge in [0.15, 0.2) is 0 Å². The molecule has 1 saturated heterocycles. The minimum atomic E-state index is -0.666.